The number of hydrogen-bond acceptors (Lipinski definition) is 4. The maximum Gasteiger partial charge on any atom is 0 e. The van der Waals surface area contributed by atoms with Crippen LogP contribution in [0.5, 0.6) is 0 Å². The van der Waals surface area contributed by atoms with Crippen molar-refractivity contribution >= 4 is 71.1 Å². The molecule has 0 atom stereocenters. The van der Waals surface area contributed by atoms with E-state index in [0.717, 1.165) is 21.2 Å². The molecule has 1 aliphatic rings. The molecule has 3 nitrogen and oxygen atoms in total. The van der Waals surface area contributed by atoms with Crippen molar-refractivity contribution < 1.29 is 41.0 Å². The van der Waals surface area contributed by atoms with Crippen LogP contribution in [-0.2, 0) is 39.2 Å². The standard InChI is InChI=1S/C25H28GeNS.C23H20NO.Ir/c1-25(2,3)15-18-14-22(27-16-21(18)26(4,5)6)17-11-12-24-20(13-17)19-9-7-8-10-23(19)28-24;1-14-7-9-19-21(11-14)25-23-18(10-8-15(2)22(19)23)20-12-16-5-3-4-6-17(16)13-24-20;/h7-10,12-14,16H,15H2,1-6H3;7-9,11-13H,3-6H2,1-2H3;/q2*-1;/i15D2;1D3,2D3,5D2,6D2;. The van der Waals surface area contributed by atoms with Gasteiger partial charge < -0.3 is 9.40 Å². The third-order valence-electron chi connectivity index (χ3n) is 9.27. The van der Waals surface area contributed by atoms with Crippen molar-refractivity contribution in [3.63, 3.8) is 0 Å². The van der Waals surface area contributed by atoms with E-state index in [9.17, 15) is 0 Å². The second kappa shape index (κ2) is 15.1. The molecule has 9 rings (SSSR count). The van der Waals surface area contributed by atoms with Crippen LogP contribution in [0.2, 0.25) is 17.3 Å². The van der Waals surface area contributed by atoms with Crippen LogP contribution in [0.4, 0.5) is 0 Å². The Kier molecular flexibility index (Phi) is 7.37. The number of rotatable bonds is 4. The molecule has 1 aliphatic carbocycles. The summed E-state index contributed by atoms with van der Waals surface area (Å²) < 4.78 is 108. The monoisotopic (exact) mass is 979 g/mol. The van der Waals surface area contributed by atoms with Crippen LogP contribution < -0.4 is 4.40 Å². The Labute approximate surface area is 357 Å². The van der Waals surface area contributed by atoms with Gasteiger partial charge in [-0.2, -0.15) is 0 Å². The molecule has 6 heteroatoms. The van der Waals surface area contributed by atoms with Gasteiger partial charge in [-0.25, -0.2) is 0 Å². The van der Waals surface area contributed by atoms with Crippen molar-refractivity contribution in [1.82, 2.24) is 9.97 Å². The molecule has 0 unspecified atom stereocenters. The number of fused-ring (bicyclic) bond motifs is 7. The number of benzene rings is 4. The fourth-order valence-electron chi connectivity index (χ4n) is 6.81. The van der Waals surface area contributed by atoms with Crippen LogP contribution in [0.25, 0.3) is 64.6 Å². The van der Waals surface area contributed by atoms with Gasteiger partial charge in [0.25, 0.3) is 0 Å². The molecule has 8 aromatic rings. The molecular formula is C48H48GeIrN2OS-2. The molecule has 0 bridgehead atoms. The van der Waals surface area contributed by atoms with Crippen LogP contribution in [0.1, 0.15) is 77.9 Å². The van der Waals surface area contributed by atoms with Gasteiger partial charge in [-0.15, -0.1) is 17.7 Å². The minimum atomic E-state index is -2.50. The summed E-state index contributed by atoms with van der Waals surface area (Å²) in [5, 5.41) is 3.17. The van der Waals surface area contributed by atoms with Crippen molar-refractivity contribution in [3.05, 3.63) is 125 Å². The van der Waals surface area contributed by atoms with Crippen LogP contribution in [0, 0.1) is 31.3 Å². The van der Waals surface area contributed by atoms with Gasteiger partial charge in [0, 0.05) is 45.4 Å². The molecule has 4 aromatic heterocycles. The van der Waals surface area contributed by atoms with E-state index in [1.165, 1.54) is 56.7 Å². The Morgan fingerprint density at radius 1 is 0.852 bits per heavy atom. The first-order chi connectivity index (χ1) is 30.0. The maximum atomic E-state index is 8.97. The van der Waals surface area contributed by atoms with Crippen molar-refractivity contribution in [1.29, 1.82) is 0 Å². The largest absolute Gasteiger partial charge is 0 e. The maximum absolute atomic E-state index is 8.97. The summed E-state index contributed by atoms with van der Waals surface area (Å²) in [6.07, 6.45) is -1.63. The SMILES string of the molecule is [2H]C([2H])([2H])c1ccc2c(c1)oc1c(-c3cc4c(cn3)C([2H])([2H])CCC4([2H])[2H])[c-]cc(C([2H])([2H])[2H])c12.[2H]C([2H])(c1cc(-c2[c-]cc3sc4ccccc4c3c2)nc[c]1[Ge]([CH3])([CH3])[CH3])C(C)(C)C.[Ir]. The number of hydrogen-bond donors (Lipinski definition) is 0. The van der Waals surface area contributed by atoms with Crippen molar-refractivity contribution in [2.45, 2.75) is 83.7 Å². The van der Waals surface area contributed by atoms with E-state index in [4.69, 9.17) is 25.9 Å². The fourth-order valence-corrected chi connectivity index (χ4v) is 10.8. The second-order valence-electron chi connectivity index (χ2n) is 15.5. The van der Waals surface area contributed by atoms with E-state index >= 15 is 0 Å². The number of furan rings is 1. The molecule has 0 saturated carbocycles. The van der Waals surface area contributed by atoms with E-state index in [0.29, 0.717) is 5.39 Å². The molecular weight excluding hydrogens is 917 g/mol. The zero-order valence-corrected chi connectivity index (χ0v) is 36.4. The molecule has 4 heterocycles. The van der Waals surface area contributed by atoms with E-state index in [2.05, 4.69) is 64.7 Å². The molecule has 54 heavy (non-hydrogen) atoms. The number of pyridine rings is 2. The van der Waals surface area contributed by atoms with E-state index in [1.807, 2.05) is 39.1 Å². The van der Waals surface area contributed by atoms with Crippen LogP contribution in [0.15, 0.2) is 89.6 Å². The number of nitrogens with zero attached hydrogens (tertiary/aromatic N) is 2. The van der Waals surface area contributed by atoms with Crippen molar-refractivity contribution in [3.8, 4) is 22.5 Å². The predicted octanol–water partition coefficient (Wildman–Crippen LogP) is 13.0. The third-order valence-corrected chi connectivity index (χ3v) is 14.6. The van der Waals surface area contributed by atoms with Gasteiger partial charge in [0.1, 0.15) is 5.58 Å². The number of aryl methyl sites for hydroxylation is 4. The molecule has 1 radical (unpaired) electrons. The molecule has 0 aliphatic heterocycles. The van der Waals surface area contributed by atoms with Crippen LogP contribution in [-0.4, -0.2) is 23.2 Å². The van der Waals surface area contributed by atoms with Gasteiger partial charge in [-0.1, -0.05) is 41.6 Å². The van der Waals surface area contributed by atoms with E-state index < -0.39 is 51.5 Å². The van der Waals surface area contributed by atoms with Gasteiger partial charge in [0.15, 0.2) is 0 Å². The molecule has 0 N–H and O–H groups in total. The van der Waals surface area contributed by atoms with Gasteiger partial charge in [-0.3, -0.25) is 0 Å². The first-order valence-electron chi connectivity index (χ1n) is 23.8. The molecule has 277 valence electrons. The zero-order chi connectivity index (χ0) is 47.4. The van der Waals surface area contributed by atoms with Crippen molar-refractivity contribution in [2.24, 2.45) is 5.41 Å². The summed E-state index contributed by atoms with van der Waals surface area (Å²) in [6, 6.07) is 28.1. The number of thiophene rings is 1. The van der Waals surface area contributed by atoms with E-state index in [-0.39, 0.29) is 83.0 Å². The van der Waals surface area contributed by atoms with Gasteiger partial charge in [0.05, 0.1) is 5.58 Å². The van der Waals surface area contributed by atoms with Gasteiger partial charge in [-0.05, 0) is 55.3 Å². The average Bonchev–Trinajstić information content (AvgIpc) is 3.79. The van der Waals surface area contributed by atoms with Crippen LogP contribution in [0.3, 0.4) is 0 Å². The van der Waals surface area contributed by atoms with Crippen LogP contribution >= 0.6 is 11.3 Å². The summed E-state index contributed by atoms with van der Waals surface area (Å²) in [6.45, 7) is 1.05. The smallest absolute Gasteiger partial charge is 0 e. The summed E-state index contributed by atoms with van der Waals surface area (Å²) >= 11 is -0.543. The first kappa shape index (κ1) is 26.3. The normalized spacial score (nSPS) is 19.1. The summed E-state index contributed by atoms with van der Waals surface area (Å²) in [5.74, 6) is 6.90. The summed E-state index contributed by atoms with van der Waals surface area (Å²) in [4.78, 5) is 9.16. The minimum absolute atomic E-state index is 0. The summed E-state index contributed by atoms with van der Waals surface area (Å²) in [7, 11) is 0. The Morgan fingerprint density at radius 2 is 1.65 bits per heavy atom. The average molecular weight is 978 g/mol. The first-order valence-corrected chi connectivity index (χ1v) is 25.9. The number of aromatic nitrogens is 2. The van der Waals surface area contributed by atoms with Crippen molar-refractivity contribution in [2.75, 3.05) is 0 Å². The second-order valence-corrected chi connectivity index (χ2v) is 27.2. The molecule has 4 aromatic carbocycles. The molecule has 0 spiro atoms. The Balaban J connectivity index is 0.000000196. The third kappa shape index (κ3) is 7.75. The summed E-state index contributed by atoms with van der Waals surface area (Å²) in [5.41, 5.74) is 3.28. The molecule has 0 saturated heterocycles. The minimum Gasteiger partial charge on any atom is 0 e. The molecule has 0 amide bonds. The van der Waals surface area contributed by atoms with Gasteiger partial charge >= 0.3 is 178 Å². The van der Waals surface area contributed by atoms with Gasteiger partial charge in [0.2, 0.25) is 0 Å². The topological polar surface area (TPSA) is 38.9 Å². The Morgan fingerprint density at radius 3 is 2.43 bits per heavy atom. The quantitative estimate of drug-likeness (QED) is 0.130. The Bertz CT molecular complexity index is 3160. The zero-order valence-electron chi connectivity index (χ0n) is 43.0. The predicted molar refractivity (Wildman–Crippen MR) is 229 cm³/mol. The Hall–Kier alpha value is -3.61. The fraction of sp³-hybridized carbons (Fsp3) is 0.292. The molecule has 0 fully saturated rings. The van der Waals surface area contributed by atoms with E-state index in [1.54, 1.807) is 11.3 Å².